The van der Waals surface area contributed by atoms with Crippen LogP contribution in [-0.4, -0.2) is 20.9 Å². The lowest BCUT2D eigenvalue weighted by Crippen LogP contribution is -2.05. The van der Waals surface area contributed by atoms with Gasteiger partial charge in [-0.3, -0.25) is 9.48 Å². The second-order valence-electron chi connectivity index (χ2n) is 6.07. The SMILES string of the molecule is O=C(O)CCCc1nn(Cc2ccc(Cl)cc2F)c2cc(CF)ccc12. The van der Waals surface area contributed by atoms with Gasteiger partial charge in [-0.25, -0.2) is 8.78 Å². The van der Waals surface area contributed by atoms with Crippen molar-refractivity contribution in [2.45, 2.75) is 32.5 Å². The first-order valence-corrected chi connectivity index (χ1v) is 8.55. The van der Waals surface area contributed by atoms with Crippen LogP contribution in [0.4, 0.5) is 8.78 Å². The van der Waals surface area contributed by atoms with Gasteiger partial charge in [0.05, 0.1) is 17.8 Å². The third-order valence-electron chi connectivity index (χ3n) is 4.19. The molecule has 0 aliphatic rings. The third-order valence-corrected chi connectivity index (χ3v) is 4.42. The molecule has 0 bridgehead atoms. The van der Waals surface area contributed by atoms with Gasteiger partial charge in [-0.1, -0.05) is 29.8 Å². The van der Waals surface area contributed by atoms with E-state index in [1.165, 1.54) is 6.07 Å². The van der Waals surface area contributed by atoms with E-state index in [4.69, 9.17) is 16.7 Å². The molecule has 0 aliphatic heterocycles. The maximum atomic E-state index is 14.1. The quantitative estimate of drug-likeness (QED) is 0.645. The molecule has 0 aliphatic carbocycles. The molecule has 1 N–H and O–H groups in total. The predicted molar refractivity (Wildman–Crippen MR) is 95.6 cm³/mol. The molecule has 0 atom stereocenters. The molecule has 0 amide bonds. The number of carboxylic acid groups (broad SMARTS) is 1. The highest BCUT2D eigenvalue weighted by atomic mass is 35.5. The summed E-state index contributed by atoms with van der Waals surface area (Å²) < 4.78 is 28.8. The molecule has 1 aromatic heterocycles. The third kappa shape index (κ3) is 4.02. The van der Waals surface area contributed by atoms with Crippen molar-refractivity contribution in [1.29, 1.82) is 0 Å². The number of halogens is 3. The molecule has 3 rings (SSSR count). The van der Waals surface area contributed by atoms with Crippen LogP contribution in [0.15, 0.2) is 36.4 Å². The monoisotopic (exact) mass is 378 g/mol. The van der Waals surface area contributed by atoms with Crippen LogP contribution in [0.3, 0.4) is 0 Å². The fraction of sp³-hybridized carbons (Fsp3) is 0.263. The second-order valence-corrected chi connectivity index (χ2v) is 6.51. The first kappa shape index (κ1) is 18.3. The van der Waals surface area contributed by atoms with Crippen molar-refractivity contribution in [1.82, 2.24) is 9.78 Å². The van der Waals surface area contributed by atoms with Crippen LogP contribution in [0.25, 0.3) is 10.9 Å². The summed E-state index contributed by atoms with van der Waals surface area (Å²) >= 11 is 5.79. The number of alkyl halides is 1. The largest absolute Gasteiger partial charge is 0.481 e. The Kier molecular flexibility index (Phi) is 5.52. The van der Waals surface area contributed by atoms with E-state index in [1.807, 2.05) is 0 Å². The van der Waals surface area contributed by atoms with E-state index in [-0.39, 0.29) is 13.0 Å². The molecule has 0 radical (unpaired) electrons. The Balaban J connectivity index is 1.98. The summed E-state index contributed by atoms with van der Waals surface area (Å²) in [6, 6.07) is 9.58. The zero-order valence-electron chi connectivity index (χ0n) is 13.9. The lowest BCUT2D eigenvalue weighted by Gasteiger charge is -2.06. The van der Waals surface area contributed by atoms with Crippen molar-refractivity contribution in [3.63, 3.8) is 0 Å². The van der Waals surface area contributed by atoms with Gasteiger partial charge in [-0.15, -0.1) is 0 Å². The number of fused-ring (bicyclic) bond motifs is 1. The van der Waals surface area contributed by atoms with Crippen LogP contribution >= 0.6 is 11.6 Å². The topological polar surface area (TPSA) is 55.1 Å². The molecule has 136 valence electrons. The number of aryl methyl sites for hydroxylation is 1. The van der Waals surface area contributed by atoms with Crippen molar-refractivity contribution < 1.29 is 18.7 Å². The molecule has 0 saturated heterocycles. The first-order valence-electron chi connectivity index (χ1n) is 8.18. The van der Waals surface area contributed by atoms with E-state index in [0.717, 1.165) is 11.1 Å². The smallest absolute Gasteiger partial charge is 0.303 e. The van der Waals surface area contributed by atoms with Crippen LogP contribution in [0.5, 0.6) is 0 Å². The Morgan fingerprint density at radius 3 is 2.73 bits per heavy atom. The van der Waals surface area contributed by atoms with Crippen molar-refractivity contribution >= 4 is 28.5 Å². The number of hydrogen-bond donors (Lipinski definition) is 1. The molecule has 0 fully saturated rings. The summed E-state index contributed by atoms with van der Waals surface area (Å²) in [6.45, 7) is -0.432. The second kappa shape index (κ2) is 7.83. The zero-order valence-corrected chi connectivity index (χ0v) is 14.6. The number of rotatable bonds is 7. The van der Waals surface area contributed by atoms with E-state index in [0.29, 0.717) is 34.5 Å². The van der Waals surface area contributed by atoms with Crippen molar-refractivity contribution in [3.8, 4) is 0 Å². The molecular weight excluding hydrogens is 362 g/mol. The standard InChI is InChI=1S/C19H17ClF2N2O2/c20-14-6-5-13(16(22)9-14)11-24-18-8-12(10-21)4-7-15(18)17(23-24)2-1-3-19(25)26/h4-9H,1-3,10-11H2,(H,25,26). The van der Waals surface area contributed by atoms with Crippen molar-refractivity contribution in [3.05, 3.63) is 64.1 Å². The summed E-state index contributed by atoms with van der Waals surface area (Å²) in [5, 5.41) is 14.5. The van der Waals surface area contributed by atoms with Gasteiger partial charge in [0.25, 0.3) is 0 Å². The van der Waals surface area contributed by atoms with Crippen molar-refractivity contribution in [2.75, 3.05) is 0 Å². The summed E-state index contributed by atoms with van der Waals surface area (Å²) in [4.78, 5) is 10.7. The Labute approximate surface area is 154 Å². The van der Waals surface area contributed by atoms with Crippen LogP contribution in [-0.2, 0) is 24.4 Å². The molecule has 0 spiro atoms. The molecule has 0 saturated carbocycles. The Morgan fingerprint density at radius 2 is 2.04 bits per heavy atom. The highest BCUT2D eigenvalue weighted by Gasteiger charge is 2.14. The lowest BCUT2D eigenvalue weighted by atomic mass is 10.1. The molecule has 1 heterocycles. The molecule has 4 nitrogen and oxygen atoms in total. The number of carboxylic acids is 1. The molecule has 26 heavy (non-hydrogen) atoms. The zero-order chi connectivity index (χ0) is 18.7. The molecule has 7 heteroatoms. The molecule has 3 aromatic rings. The highest BCUT2D eigenvalue weighted by Crippen LogP contribution is 2.24. The normalized spacial score (nSPS) is 11.2. The fourth-order valence-electron chi connectivity index (χ4n) is 2.89. The molecule has 0 unspecified atom stereocenters. The average molecular weight is 379 g/mol. The summed E-state index contributed by atoms with van der Waals surface area (Å²) in [5.41, 5.74) is 2.34. The number of aromatic nitrogens is 2. The average Bonchev–Trinajstić information content (AvgIpc) is 2.94. The number of nitrogens with zero attached hydrogens (tertiary/aromatic N) is 2. The molecule has 2 aromatic carbocycles. The van der Waals surface area contributed by atoms with E-state index in [1.54, 1.807) is 35.0 Å². The number of hydrogen-bond acceptors (Lipinski definition) is 2. The minimum absolute atomic E-state index is 0.0444. The molecular formula is C19H17ClF2N2O2. The van der Waals surface area contributed by atoms with Crippen LogP contribution in [0.1, 0.15) is 29.7 Å². The summed E-state index contributed by atoms with van der Waals surface area (Å²) in [5.74, 6) is -1.30. The van der Waals surface area contributed by atoms with E-state index in [9.17, 15) is 13.6 Å². The van der Waals surface area contributed by atoms with Crippen LogP contribution in [0.2, 0.25) is 5.02 Å². The van der Waals surface area contributed by atoms with Gasteiger partial charge in [0.15, 0.2) is 0 Å². The maximum Gasteiger partial charge on any atom is 0.303 e. The summed E-state index contributed by atoms with van der Waals surface area (Å²) in [7, 11) is 0. The van der Waals surface area contributed by atoms with Crippen LogP contribution in [0, 0.1) is 5.82 Å². The predicted octanol–water partition coefficient (Wildman–Crippen LogP) is 4.75. The van der Waals surface area contributed by atoms with Crippen LogP contribution < -0.4 is 0 Å². The van der Waals surface area contributed by atoms with Gasteiger partial charge in [-0.2, -0.15) is 5.10 Å². The van der Waals surface area contributed by atoms with E-state index >= 15 is 0 Å². The number of carbonyl (C=O) groups is 1. The number of benzene rings is 2. The summed E-state index contributed by atoms with van der Waals surface area (Å²) in [6.07, 6.45) is 0.970. The maximum absolute atomic E-state index is 14.1. The van der Waals surface area contributed by atoms with Gasteiger partial charge in [0, 0.05) is 22.4 Å². The van der Waals surface area contributed by atoms with Crippen molar-refractivity contribution in [2.24, 2.45) is 0 Å². The minimum atomic E-state index is -0.864. The van der Waals surface area contributed by atoms with Gasteiger partial charge >= 0.3 is 5.97 Å². The Morgan fingerprint density at radius 1 is 1.23 bits per heavy atom. The van der Waals surface area contributed by atoms with E-state index < -0.39 is 18.5 Å². The Hall–Kier alpha value is -2.47. The Bertz CT molecular complexity index is 956. The first-order chi connectivity index (χ1) is 12.5. The van der Waals surface area contributed by atoms with Gasteiger partial charge in [-0.05, 0) is 36.6 Å². The van der Waals surface area contributed by atoms with Gasteiger partial charge < -0.3 is 5.11 Å². The minimum Gasteiger partial charge on any atom is -0.481 e. The van der Waals surface area contributed by atoms with E-state index in [2.05, 4.69) is 5.10 Å². The van der Waals surface area contributed by atoms with Gasteiger partial charge in [0.1, 0.15) is 12.5 Å². The van der Waals surface area contributed by atoms with Gasteiger partial charge in [0.2, 0.25) is 0 Å². The number of aliphatic carboxylic acids is 1. The lowest BCUT2D eigenvalue weighted by molar-refractivity contribution is -0.137. The fourth-order valence-corrected chi connectivity index (χ4v) is 3.05. The highest BCUT2D eigenvalue weighted by molar-refractivity contribution is 6.30.